The van der Waals surface area contributed by atoms with E-state index in [1.165, 1.54) is 29.2 Å². The van der Waals surface area contributed by atoms with Crippen LogP contribution in [0.1, 0.15) is 51.0 Å². The molecule has 0 unspecified atom stereocenters. The Morgan fingerprint density at radius 3 is 2.43 bits per heavy atom. The van der Waals surface area contributed by atoms with Crippen LogP contribution in [0.25, 0.3) is 0 Å². The van der Waals surface area contributed by atoms with Gasteiger partial charge in [-0.05, 0) is 68.1 Å². The van der Waals surface area contributed by atoms with E-state index in [0.29, 0.717) is 11.4 Å². The first-order valence-corrected chi connectivity index (χ1v) is 14.4. The number of carbonyl (C=O) groups excluding carboxylic acids is 2. The average Bonchev–Trinajstić information content (AvgIpc) is 3.38. The number of hydrogen-bond acceptors (Lipinski definition) is 5. The number of rotatable bonds is 12. The van der Waals surface area contributed by atoms with Gasteiger partial charge in [0.05, 0.1) is 19.1 Å². The molecule has 2 aromatic rings. The van der Waals surface area contributed by atoms with E-state index in [1.54, 1.807) is 20.1 Å². The van der Waals surface area contributed by atoms with Crippen molar-refractivity contribution in [3.63, 3.8) is 0 Å². The van der Waals surface area contributed by atoms with Crippen molar-refractivity contribution in [3.05, 3.63) is 59.9 Å². The SMILES string of the molecule is COc1cccc(CN(C(=O)CCCN(c2ccc(F)cc2)S(C)(=O)=O)[C@H](C)C(=O)NC2CCCC2)c1. The van der Waals surface area contributed by atoms with Gasteiger partial charge in [-0.25, -0.2) is 12.8 Å². The Hall–Kier alpha value is -3.14. The maximum atomic E-state index is 13.4. The van der Waals surface area contributed by atoms with E-state index < -0.39 is 21.9 Å². The van der Waals surface area contributed by atoms with Gasteiger partial charge >= 0.3 is 0 Å². The summed E-state index contributed by atoms with van der Waals surface area (Å²) in [6, 6.07) is 11.9. The molecule has 0 aliphatic heterocycles. The molecule has 0 heterocycles. The fourth-order valence-corrected chi connectivity index (χ4v) is 5.52. The number of carbonyl (C=O) groups is 2. The number of sulfonamides is 1. The molecule has 10 heteroatoms. The fraction of sp³-hybridized carbons (Fsp3) is 0.481. The van der Waals surface area contributed by atoms with Gasteiger partial charge in [0.2, 0.25) is 21.8 Å². The van der Waals surface area contributed by atoms with Gasteiger partial charge < -0.3 is 15.0 Å². The Morgan fingerprint density at radius 1 is 1.14 bits per heavy atom. The summed E-state index contributed by atoms with van der Waals surface area (Å²) in [5.74, 6) is -0.279. The summed E-state index contributed by atoms with van der Waals surface area (Å²) in [7, 11) is -2.08. The van der Waals surface area contributed by atoms with Gasteiger partial charge in [-0.15, -0.1) is 0 Å². The van der Waals surface area contributed by atoms with Crippen LogP contribution in [-0.2, 0) is 26.2 Å². The highest BCUT2D eigenvalue weighted by molar-refractivity contribution is 7.92. The Balaban J connectivity index is 1.72. The second kappa shape index (κ2) is 12.9. The lowest BCUT2D eigenvalue weighted by molar-refractivity contribution is -0.141. The summed E-state index contributed by atoms with van der Waals surface area (Å²) in [4.78, 5) is 28.0. The summed E-state index contributed by atoms with van der Waals surface area (Å²) in [6.45, 7) is 1.97. The number of hydrogen-bond donors (Lipinski definition) is 1. The number of halogens is 1. The molecule has 37 heavy (non-hydrogen) atoms. The normalized spacial score (nSPS) is 14.7. The van der Waals surface area contributed by atoms with Crippen LogP contribution in [-0.4, -0.2) is 57.1 Å². The predicted octanol–water partition coefficient (Wildman–Crippen LogP) is 3.86. The minimum absolute atomic E-state index is 0.0399. The fourth-order valence-electron chi connectivity index (χ4n) is 4.55. The molecule has 0 bridgehead atoms. The highest BCUT2D eigenvalue weighted by Gasteiger charge is 2.29. The van der Waals surface area contributed by atoms with Gasteiger partial charge in [-0.2, -0.15) is 0 Å². The van der Waals surface area contributed by atoms with Gasteiger partial charge in [0.15, 0.2) is 0 Å². The largest absolute Gasteiger partial charge is 0.497 e. The van der Waals surface area contributed by atoms with Crippen molar-refractivity contribution in [2.45, 2.75) is 64.1 Å². The van der Waals surface area contributed by atoms with E-state index in [0.717, 1.165) is 41.8 Å². The average molecular weight is 534 g/mol. The Labute approximate surface area is 218 Å². The van der Waals surface area contributed by atoms with Crippen LogP contribution < -0.4 is 14.4 Å². The summed E-state index contributed by atoms with van der Waals surface area (Å²) >= 11 is 0. The lowest BCUT2D eigenvalue weighted by Crippen LogP contribution is -2.49. The maximum absolute atomic E-state index is 13.4. The Kier molecular flexibility index (Phi) is 9.91. The molecule has 3 rings (SSSR count). The molecule has 2 amide bonds. The zero-order chi connectivity index (χ0) is 27.0. The molecule has 202 valence electrons. The van der Waals surface area contributed by atoms with Gasteiger partial charge in [-0.3, -0.25) is 13.9 Å². The third kappa shape index (κ3) is 8.18. The second-order valence-electron chi connectivity index (χ2n) is 9.45. The first kappa shape index (κ1) is 28.4. The van der Waals surface area contributed by atoms with Crippen LogP contribution in [0.5, 0.6) is 5.75 Å². The third-order valence-electron chi connectivity index (χ3n) is 6.62. The second-order valence-corrected chi connectivity index (χ2v) is 11.4. The van der Waals surface area contributed by atoms with E-state index in [-0.39, 0.29) is 43.8 Å². The van der Waals surface area contributed by atoms with Crippen LogP contribution in [0.3, 0.4) is 0 Å². The Morgan fingerprint density at radius 2 is 1.81 bits per heavy atom. The number of methoxy groups -OCH3 is 1. The molecule has 0 radical (unpaired) electrons. The zero-order valence-corrected chi connectivity index (χ0v) is 22.5. The van der Waals surface area contributed by atoms with Crippen LogP contribution >= 0.6 is 0 Å². The summed E-state index contributed by atoms with van der Waals surface area (Å²) in [5, 5.41) is 3.07. The number of anilines is 1. The molecule has 1 atom stereocenters. The van der Waals surface area contributed by atoms with Crippen molar-refractivity contribution in [1.82, 2.24) is 10.2 Å². The third-order valence-corrected chi connectivity index (χ3v) is 7.82. The number of benzene rings is 2. The van der Waals surface area contributed by atoms with Crippen molar-refractivity contribution in [2.24, 2.45) is 0 Å². The first-order valence-electron chi connectivity index (χ1n) is 12.5. The quantitative estimate of drug-likeness (QED) is 0.447. The van der Waals surface area contributed by atoms with Gasteiger partial charge in [-0.1, -0.05) is 25.0 Å². The molecule has 0 aromatic heterocycles. The molecule has 0 saturated heterocycles. The predicted molar refractivity (Wildman–Crippen MR) is 141 cm³/mol. The molecule has 1 fully saturated rings. The van der Waals surface area contributed by atoms with Gasteiger partial charge in [0.25, 0.3) is 0 Å². The van der Waals surface area contributed by atoms with Crippen LogP contribution in [0.15, 0.2) is 48.5 Å². The van der Waals surface area contributed by atoms with Crippen LogP contribution in [0.4, 0.5) is 10.1 Å². The minimum Gasteiger partial charge on any atom is -0.497 e. The number of nitrogens with one attached hydrogen (secondary N) is 1. The number of ether oxygens (including phenoxy) is 1. The summed E-state index contributed by atoms with van der Waals surface area (Å²) in [6.07, 6.45) is 5.38. The first-order chi connectivity index (χ1) is 17.6. The van der Waals surface area contributed by atoms with Crippen molar-refractivity contribution in [3.8, 4) is 5.75 Å². The topological polar surface area (TPSA) is 96.0 Å². The lowest BCUT2D eigenvalue weighted by Gasteiger charge is -2.30. The molecule has 1 N–H and O–H groups in total. The molecule has 1 aliphatic rings. The zero-order valence-electron chi connectivity index (χ0n) is 21.7. The van der Waals surface area contributed by atoms with E-state index in [4.69, 9.17) is 4.74 Å². The monoisotopic (exact) mass is 533 g/mol. The van der Waals surface area contributed by atoms with E-state index >= 15 is 0 Å². The van der Waals surface area contributed by atoms with Crippen molar-refractivity contribution >= 4 is 27.5 Å². The van der Waals surface area contributed by atoms with E-state index in [2.05, 4.69) is 5.32 Å². The maximum Gasteiger partial charge on any atom is 0.242 e. The van der Waals surface area contributed by atoms with Crippen molar-refractivity contribution in [2.75, 3.05) is 24.2 Å². The Bertz CT molecular complexity index is 1170. The highest BCUT2D eigenvalue weighted by atomic mass is 32.2. The molecule has 0 spiro atoms. The number of nitrogens with zero attached hydrogens (tertiary/aromatic N) is 2. The standard InChI is InChI=1S/C27H36FN3O5S/c1-20(27(33)29-23-9-4-5-10-23)30(19-21-8-6-11-25(18-21)36-2)26(32)12-7-17-31(37(3,34)35)24-15-13-22(28)14-16-24/h6,8,11,13-16,18,20,23H,4-5,7,9-10,12,17,19H2,1-3H3,(H,29,33)/t20-/m1/s1. The van der Waals surface area contributed by atoms with E-state index in [9.17, 15) is 22.4 Å². The molecule has 1 saturated carbocycles. The molecule has 2 aromatic carbocycles. The lowest BCUT2D eigenvalue weighted by atomic mass is 10.1. The molecular formula is C27H36FN3O5S. The van der Waals surface area contributed by atoms with Gasteiger partial charge in [0, 0.05) is 25.6 Å². The van der Waals surface area contributed by atoms with Gasteiger partial charge in [0.1, 0.15) is 17.6 Å². The summed E-state index contributed by atoms with van der Waals surface area (Å²) < 4.78 is 44.5. The molecular weight excluding hydrogens is 497 g/mol. The highest BCUT2D eigenvalue weighted by Crippen LogP contribution is 2.21. The van der Waals surface area contributed by atoms with Crippen molar-refractivity contribution < 1.29 is 27.1 Å². The van der Waals surface area contributed by atoms with Crippen LogP contribution in [0.2, 0.25) is 0 Å². The van der Waals surface area contributed by atoms with Crippen molar-refractivity contribution in [1.29, 1.82) is 0 Å². The number of amides is 2. The minimum atomic E-state index is -3.64. The summed E-state index contributed by atoms with van der Waals surface area (Å²) in [5.41, 5.74) is 1.14. The van der Waals surface area contributed by atoms with E-state index in [1.807, 2.05) is 18.2 Å². The molecule has 1 aliphatic carbocycles. The van der Waals surface area contributed by atoms with Crippen LogP contribution in [0, 0.1) is 5.82 Å². The molecule has 8 nitrogen and oxygen atoms in total. The smallest absolute Gasteiger partial charge is 0.242 e.